The SMILES string of the molecule is C=C[C@]1(C)CC[C@]2(C)[C@H](CC[C@@](C)(C(C)=O)[C@H]2CC(=O)O)C1. The first-order valence-electron chi connectivity index (χ1n) is 8.44. The summed E-state index contributed by atoms with van der Waals surface area (Å²) in [4.78, 5) is 23.8. The summed E-state index contributed by atoms with van der Waals surface area (Å²) in [6, 6.07) is 0. The third-order valence-corrected chi connectivity index (χ3v) is 7.13. The highest BCUT2D eigenvalue weighted by Crippen LogP contribution is 2.63. The number of hydrogen-bond acceptors (Lipinski definition) is 2. The molecule has 2 aliphatic rings. The second kappa shape index (κ2) is 5.50. The largest absolute Gasteiger partial charge is 0.481 e. The van der Waals surface area contributed by atoms with Gasteiger partial charge in [0.2, 0.25) is 0 Å². The Kier molecular flexibility index (Phi) is 4.31. The van der Waals surface area contributed by atoms with Crippen LogP contribution in [0.1, 0.15) is 66.2 Å². The standard InChI is InChI=1S/C19H30O3/c1-6-17(3)9-10-19(5)14(12-17)7-8-18(4,13(2)20)15(19)11-16(21)22/h6,14-15H,1,7-12H2,2-5H3,(H,21,22)/t14-,15-,17-,18+,19-/m1/s1. The molecule has 2 aliphatic carbocycles. The maximum absolute atomic E-state index is 12.3. The maximum Gasteiger partial charge on any atom is 0.303 e. The molecule has 2 saturated carbocycles. The fraction of sp³-hybridized carbons (Fsp3) is 0.789. The molecule has 0 aromatic heterocycles. The number of allylic oxidation sites excluding steroid dienone is 1. The van der Waals surface area contributed by atoms with Crippen molar-refractivity contribution in [2.45, 2.75) is 66.2 Å². The van der Waals surface area contributed by atoms with E-state index >= 15 is 0 Å². The van der Waals surface area contributed by atoms with E-state index < -0.39 is 11.4 Å². The molecule has 2 rings (SSSR count). The molecule has 0 aliphatic heterocycles. The smallest absolute Gasteiger partial charge is 0.303 e. The van der Waals surface area contributed by atoms with E-state index in [0.29, 0.717) is 5.92 Å². The van der Waals surface area contributed by atoms with Gasteiger partial charge in [-0.25, -0.2) is 0 Å². The zero-order valence-electron chi connectivity index (χ0n) is 14.4. The van der Waals surface area contributed by atoms with Gasteiger partial charge >= 0.3 is 5.97 Å². The van der Waals surface area contributed by atoms with Gasteiger partial charge in [-0.1, -0.05) is 26.8 Å². The van der Waals surface area contributed by atoms with Gasteiger partial charge < -0.3 is 5.11 Å². The lowest BCUT2D eigenvalue weighted by Crippen LogP contribution is -2.55. The highest BCUT2D eigenvalue weighted by atomic mass is 16.4. The lowest BCUT2D eigenvalue weighted by molar-refractivity contribution is -0.157. The highest BCUT2D eigenvalue weighted by molar-refractivity contribution is 5.83. The molecule has 0 unspecified atom stereocenters. The molecule has 3 nitrogen and oxygen atoms in total. The average molecular weight is 306 g/mol. The number of rotatable bonds is 4. The fourth-order valence-corrected chi connectivity index (χ4v) is 5.16. The zero-order chi connectivity index (χ0) is 16.8. The Morgan fingerprint density at radius 1 is 1.23 bits per heavy atom. The molecular weight excluding hydrogens is 276 g/mol. The predicted molar refractivity (Wildman–Crippen MR) is 87.5 cm³/mol. The topological polar surface area (TPSA) is 54.4 Å². The Morgan fingerprint density at radius 2 is 1.86 bits per heavy atom. The molecule has 0 heterocycles. The van der Waals surface area contributed by atoms with Crippen LogP contribution in [0.2, 0.25) is 0 Å². The van der Waals surface area contributed by atoms with Crippen LogP contribution in [0.3, 0.4) is 0 Å². The van der Waals surface area contributed by atoms with Crippen LogP contribution in [0, 0.1) is 28.1 Å². The zero-order valence-corrected chi connectivity index (χ0v) is 14.4. The van der Waals surface area contributed by atoms with E-state index in [1.807, 2.05) is 6.92 Å². The van der Waals surface area contributed by atoms with E-state index in [1.54, 1.807) is 6.92 Å². The predicted octanol–water partition coefficient (Wildman–Crippen LogP) is 4.47. The summed E-state index contributed by atoms with van der Waals surface area (Å²) in [6.07, 6.45) is 7.09. The lowest BCUT2D eigenvalue weighted by atomic mass is 9.44. The molecule has 22 heavy (non-hydrogen) atoms. The number of carboxylic acids is 1. The molecule has 3 heteroatoms. The van der Waals surface area contributed by atoms with Gasteiger partial charge in [-0.3, -0.25) is 9.59 Å². The molecule has 0 aromatic carbocycles. The fourth-order valence-electron chi connectivity index (χ4n) is 5.16. The molecule has 0 aromatic rings. The molecule has 2 fully saturated rings. The van der Waals surface area contributed by atoms with Crippen LogP contribution < -0.4 is 0 Å². The Bertz CT molecular complexity index is 497. The van der Waals surface area contributed by atoms with E-state index in [0.717, 1.165) is 32.1 Å². The van der Waals surface area contributed by atoms with Gasteiger partial charge in [-0.15, -0.1) is 6.58 Å². The van der Waals surface area contributed by atoms with Crippen molar-refractivity contribution in [1.82, 2.24) is 0 Å². The van der Waals surface area contributed by atoms with Gasteiger partial charge in [-0.05, 0) is 61.7 Å². The van der Waals surface area contributed by atoms with Gasteiger partial charge in [0, 0.05) is 11.8 Å². The quantitative estimate of drug-likeness (QED) is 0.780. The maximum atomic E-state index is 12.3. The van der Waals surface area contributed by atoms with Crippen LogP contribution >= 0.6 is 0 Å². The second-order valence-corrected chi connectivity index (χ2v) is 8.43. The highest BCUT2D eigenvalue weighted by Gasteiger charge is 2.58. The van der Waals surface area contributed by atoms with Crippen LogP contribution in [0.25, 0.3) is 0 Å². The summed E-state index contributed by atoms with van der Waals surface area (Å²) in [7, 11) is 0. The third kappa shape index (κ3) is 2.63. The summed E-state index contributed by atoms with van der Waals surface area (Å²) in [5.74, 6) is -0.212. The Morgan fingerprint density at radius 3 is 2.36 bits per heavy atom. The lowest BCUT2D eigenvalue weighted by Gasteiger charge is -2.59. The van der Waals surface area contributed by atoms with Crippen LogP contribution in [0.15, 0.2) is 12.7 Å². The summed E-state index contributed by atoms with van der Waals surface area (Å²) in [6.45, 7) is 12.1. The number of fused-ring (bicyclic) bond motifs is 1. The second-order valence-electron chi connectivity index (χ2n) is 8.43. The van der Waals surface area contributed by atoms with E-state index in [9.17, 15) is 14.7 Å². The minimum absolute atomic E-state index is 0.0560. The third-order valence-electron chi connectivity index (χ3n) is 7.13. The van der Waals surface area contributed by atoms with Crippen molar-refractivity contribution in [1.29, 1.82) is 0 Å². The minimum Gasteiger partial charge on any atom is -0.481 e. The number of hydrogen-bond donors (Lipinski definition) is 1. The van der Waals surface area contributed by atoms with Crippen LogP contribution in [-0.2, 0) is 9.59 Å². The number of carboxylic acid groups (broad SMARTS) is 1. The van der Waals surface area contributed by atoms with Crippen LogP contribution in [0.4, 0.5) is 0 Å². The van der Waals surface area contributed by atoms with Crippen molar-refractivity contribution < 1.29 is 14.7 Å². The van der Waals surface area contributed by atoms with Gasteiger partial charge in [0.15, 0.2) is 0 Å². The first kappa shape index (κ1) is 17.2. The van der Waals surface area contributed by atoms with Gasteiger partial charge in [0.25, 0.3) is 0 Å². The van der Waals surface area contributed by atoms with E-state index in [4.69, 9.17) is 0 Å². The summed E-state index contributed by atoms with van der Waals surface area (Å²) < 4.78 is 0. The van der Waals surface area contributed by atoms with E-state index in [1.165, 1.54) is 0 Å². The van der Waals surface area contributed by atoms with Crippen molar-refractivity contribution in [3.8, 4) is 0 Å². The summed E-state index contributed by atoms with van der Waals surface area (Å²) in [5.41, 5.74) is -0.396. The Hall–Kier alpha value is -1.12. The molecule has 5 atom stereocenters. The van der Waals surface area contributed by atoms with Gasteiger partial charge in [0.05, 0.1) is 0 Å². The monoisotopic (exact) mass is 306 g/mol. The molecule has 124 valence electrons. The van der Waals surface area contributed by atoms with Crippen molar-refractivity contribution in [2.75, 3.05) is 0 Å². The molecule has 0 saturated heterocycles. The first-order chi connectivity index (χ1) is 10.1. The van der Waals surface area contributed by atoms with Crippen molar-refractivity contribution in [3.63, 3.8) is 0 Å². The van der Waals surface area contributed by atoms with Crippen molar-refractivity contribution in [2.24, 2.45) is 28.1 Å². The molecular formula is C19H30O3. The number of aliphatic carboxylic acids is 1. The molecule has 0 amide bonds. The van der Waals surface area contributed by atoms with Crippen molar-refractivity contribution >= 4 is 11.8 Å². The van der Waals surface area contributed by atoms with Crippen molar-refractivity contribution in [3.05, 3.63) is 12.7 Å². The minimum atomic E-state index is -0.781. The van der Waals surface area contributed by atoms with Crippen LogP contribution in [-0.4, -0.2) is 16.9 Å². The summed E-state index contributed by atoms with van der Waals surface area (Å²) in [5, 5.41) is 9.41. The molecule has 0 radical (unpaired) electrons. The molecule has 0 spiro atoms. The summed E-state index contributed by atoms with van der Waals surface area (Å²) >= 11 is 0. The van der Waals surface area contributed by atoms with E-state index in [-0.39, 0.29) is 29.0 Å². The average Bonchev–Trinajstić information content (AvgIpc) is 2.44. The van der Waals surface area contributed by atoms with E-state index in [2.05, 4.69) is 26.5 Å². The molecule has 1 N–H and O–H groups in total. The van der Waals surface area contributed by atoms with Crippen LogP contribution in [0.5, 0.6) is 0 Å². The molecule has 0 bridgehead atoms. The Labute approximate surface area is 134 Å². The number of carbonyl (C=O) groups is 2. The number of ketones is 1. The number of carbonyl (C=O) groups excluding carboxylic acids is 1. The normalized spacial score (nSPS) is 44.9. The Balaban J connectivity index is 2.40. The first-order valence-corrected chi connectivity index (χ1v) is 8.44. The van der Waals surface area contributed by atoms with Gasteiger partial charge in [-0.2, -0.15) is 0 Å². The van der Waals surface area contributed by atoms with Gasteiger partial charge in [0.1, 0.15) is 5.78 Å². The number of Topliss-reactive ketones (excluding diaryl/α,β-unsaturated/α-hetero) is 1.